The van der Waals surface area contributed by atoms with Gasteiger partial charge in [0.05, 0.1) is 23.3 Å². The summed E-state index contributed by atoms with van der Waals surface area (Å²) in [5, 5.41) is 23.5. The van der Waals surface area contributed by atoms with Crippen LogP contribution in [-0.2, 0) is 9.59 Å². The van der Waals surface area contributed by atoms with Gasteiger partial charge in [0, 0.05) is 36.7 Å². The van der Waals surface area contributed by atoms with Gasteiger partial charge in [0.1, 0.15) is 18.5 Å². The van der Waals surface area contributed by atoms with Crippen molar-refractivity contribution in [1.29, 1.82) is 0 Å². The Morgan fingerprint density at radius 1 is 1.21 bits per heavy atom. The minimum atomic E-state index is -1.14. The Balaban J connectivity index is 2.02. The number of hydrogen-bond acceptors (Lipinski definition) is 7. The Hall–Kier alpha value is -2.44. The molecular formula is C29H39IN2O7. The van der Waals surface area contributed by atoms with Crippen molar-refractivity contribution in [2.45, 2.75) is 70.6 Å². The number of carbonyl (C=O) groups is 3. The largest absolute Gasteiger partial charge is 0.493 e. The molecule has 0 radical (unpaired) electrons. The highest BCUT2D eigenvalue weighted by molar-refractivity contribution is 14.1. The number of halogens is 1. The first kappa shape index (κ1) is 31.1. The fraction of sp³-hybridized carbons (Fsp3) is 0.552. The number of aldehydes is 1. The van der Waals surface area contributed by atoms with E-state index in [9.17, 15) is 24.6 Å². The van der Waals surface area contributed by atoms with Crippen LogP contribution >= 0.6 is 22.6 Å². The number of nitrogens with zero attached hydrogens (tertiary/aromatic N) is 1. The van der Waals surface area contributed by atoms with Gasteiger partial charge >= 0.3 is 0 Å². The van der Waals surface area contributed by atoms with E-state index in [1.54, 1.807) is 29.2 Å². The molecule has 1 fully saturated rings. The summed E-state index contributed by atoms with van der Waals surface area (Å²) in [6.07, 6.45) is 7.31. The molecule has 1 aromatic carbocycles. The Labute approximate surface area is 243 Å². The summed E-state index contributed by atoms with van der Waals surface area (Å²) in [4.78, 5) is 39.6. The molecule has 214 valence electrons. The molecule has 9 nitrogen and oxygen atoms in total. The lowest BCUT2D eigenvalue weighted by molar-refractivity contribution is -0.134. The lowest BCUT2D eigenvalue weighted by Crippen LogP contribution is -2.56. The van der Waals surface area contributed by atoms with Crippen LogP contribution in [0.25, 0.3) is 0 Å². The highest BCUT2D eigenvalue weighted by Crippen LogP contribution is 2.37. The van der Waals surface area contributed by atoms with E-state index in [2.05, 4.69) is 5.32 Å². The van der Waals surface area contributed by atoms with Gasteiger partial charge in [-0.25, -0.2) is 0 Å². The monoisotopic (exact) mass is 654 g/mol. The molecule has 39 heavy (non-hydrogen) atoms. The fourth-order valence-corrected chi connectivity index (χ4v) is 5.96. The number of amides is 2. The number of hydrogen-bond donors (Lipinski definition) is 3. The predicted octanol–water partition coefficient (Wildman–Crippen LogP) is 3.40. The van der Waals surface area contributed by atoms with Crippen molar-refractivity contribution < 1.29 is 34.1 Å². The van der Waals surface area contributed by atoms with Crippen molar-refractivity contribution >= 4 is 40.7 Å². The second kappa shape index (κ2) is 14.8. The maximum absolute atomic E-state index is 13.5. The minimum absolute atomic E-state index is 0.0796. The fourth-order valence-electron chi connectivity index (χ4n) is 5.20. The summed E-state index contributed by atoms with van der Waals surface area (Å²) in [5.41, 5.74) is 1.62. The predicted molar refractivity (Wildman–Crippen MR) is 156 cm³/mol. The molecular weight excluding hydrogens is 615 g/mol. The van der Waals surface area contributed by atoms with Crippen LogP contribution in [0.15, 0.2) is 35.4 Å². The first-order valence-corrected chi connectivity index (χ1v) is 14.5. The summed E-state index contributed by atoms with van der Waals surface area (Å²) in [6.45, 7) is 4.06. The average molecular weight is 655 g/mol. The maximum atomic E-state index is 13.5. The van der Waals surface area contributed by atoms with Crippen molar-refractivity contribution in [3.8, 4) is 11.5 Å². The van der Waals surface area contributed by atoms with Gasteiger partial charge < -0.3 is 29.9 Å². The highest BCUT2D eigenvalue weighted by Gasteiger charge is 2.41. The number of nitrogens with one attached hydrogen (secondary N) is 1. The maximum Gasteiger partial charge on any atom is 0.247 e. The number of rotatable bonds is 11. The van der Waals surface area contributed by atoms with Gasteiger partial charge in [-0.1, -0.05) is 24.8 Å². The van der Waals surface area contributed by atoms with Crippen LogP contribution in [0.1, 0.15) is 62.7 Å². The number of methoxy groups -OCH3 is 1. The molecule has 1 aromatic rings. The molecule has 0 heterocycles. The molecule has 3 atom stereocenters. The van der Waals surface area contributed by atoms with E-state index in [-0.39, 0.29) is 31.4 Å². The SMILES string of the molecule is COc1cc(C=O)cc(I)c1O[C@H]1C=C(C(=O)NCCO)C[C@@H](N(CC2CCCCC2)C(=O)C=C(C)C)[C@@H]1O. The van der Waals surface area contributed by atoms with E-state index in [4.69, 9.17) is 9.47 Å². The van der Waals surface area contributed by atoms with E-state index in [0.29, 0.717) is 45.0 Å². The van der Waals surface area contributed by atoms with Crippen LogP contribution in [0.2, 0.25) is 0 Å². The molecule has 0 unspecified atom stereocenters. The molecule has 0 spiro atoms. The lowest BCUT2D eigenvalue weighted by atomic mass is 9.85. The van der Waals surface area contributed by atoms with E-state index in [1.165, 1.54) is 13.5 Å². The van der Waals surface area contributed by atoms with E-state index < -0.39 is 18.2 Å². The molecule has 2 aliphatic carbocycles. The normalized spacial score (nSPS) is 21.4. The number of aliphatic hydroxyl groups excluding tert-OH is 2. The van der Waals surface area contributed by atoms with Crippen molar-refractivity contribution in [2.75, 3.05) is 26.8 Å². The van der Waals surface area contributed by atoms with E-state index in [0.717, 1.165) is 31.3 Å². The summed E-state index contributed by atoms with van der Waals surface area (Å²) in [5.74, 6) is 0.365. The molecule has 10 heteroatoms. The molecule has 3 N–H and O–H groups in total. The van der Waals surface area contributed by atoms with Crippen molar-refractivity contribution in [3.63, 3.8) is 0 Å². The molecule has 0 bridgehead atoms. The standard InChI is InChI=1S/C29H39IN2O7/c1-18(2)11-26(35)32(16-19-7-5-4-6-8-19)23-14-21(29(37)31-9-10-33)15-24(27(23)36)39-28-22(30)12-20(17-34)13-25(28)38-3/h11-13,15,17,19,23-24,27,33,36H,4-10,14,16H2,1-3H3,(H,31,37)/t23-,24+,27+/m1/s1. The minimum Gasteiger partial charge on any atom is -0.493 e. The van der Waals surface area contributed by atoms with Gasteiger partial charge in [-0.05, 0) is 73.4 Å². The molecule has 1 saturated carbocycles. The van der Waals surface area contributed by atoms with Crippen LogP contribution in [-0.4, -0.2) is 78.3 Å². The Morgan fingerprint density at radius 3 is 2.54 bits per heavy atom. The Morgan fingerprint density at radius 2 is 1.92 bits per heavy atom. The average Bonchev–Trinajstić information content (AvgIpc) is 2.92. The topological polar surface area (TPSA) is 125 Å². The Bertz CT molecular complexity index is 1090. The molecule has 0 aromatic heterocycles. The third-order valence-corrected chi connectivity index (χ3v) is 7.93. The van der Waals surface area contributed by atoms with Gasteiger partial charge in [-0.2, -0.15) is 0 Å². The second-order valence-corrected chi connectivity index (χ2v) is 11.5. The lowest BCUT2D eigenvalue weighted by Gasteiger charge is -2.42. The zero-order valence-electron chi connectivity index (χ0n) is 22.8. The summed E-state index contributed by atoms with van der Waals surface area (Å²) < 4.78 is 12.3. The van der Waals surface area contributed by atoms with E-state index >= 15 is 0 Å². The van der Waals surface area contributed by atoms with Gasteiger partial charge in [0.15, 0.2) is 11.5 Å². The number of allylic oxidation sites excluding steroid dienone is 1. The van der Waals surface area contributed by atoms with Crippen LogP contribution in [0.5, 0.6) is 11.5 Å². The van der Waals surface area contributed by atoms with Crippen LogP contribution in [0, 0.1) is 9.49 Å². The third kappa shape index (κ3) is 8.28. The van der Waals surface area contributed by atoms with Crippen molar-refractivity contribution in [2.24, 2.45) is 5.92 Å². The number of benzene rings is 1. The Kier molecular flexibility index (Phi) is 11.8. The van der Waals surface area contributed by atoms with Crippen LogP contribution in [0.4, 0.5) is 0 Å². The zero-order valence-corrected chi connectivity index (χ0v) is 25.0. The molecule has 3 rings (SSSR count). The smallest absolute Gasteiger partial charge is 0.247 e. The molecule has 2 aliphatic rings. The van der Waals surface area contributed by atoms with Crippen molar-refractivity contribution in [1.82, 2.24) is 10.2 Å². The molecule has 0 aliphatic heterocycles. The van der Waals surface area contributed by atoms with Crippen molar-refractivity contribution in [3.05, 3.63) is 44.6 Å². The summed E-state index contributed by atoms with van der Waals surface area (Å²) in [7, 11) is 1.46. The number of carbonyl (C=O) groups excluding carboxylic acids is 3. The number of ether oxygens (including phenoxy) is 2. The first-order chi connectivity index (χ1) is 18.7. The van der Waals surface area contributed by atoms with Gasteiger partial charge in [0.2, 0.25) is 11.8 Å². The summed E-state index contributed by atoms with van der Waals surface area (Å²) in [6, 6.07) is 2.48. The third-order valence-electron chi connectivity index (χ3n) is 7.13. The number of aliphatic hydroxyl groups is 2. The van der Waals surface area contributed by atoms with Gasteiger partial charge in [0.25, 0.3) is 0 Å². The summed E-state index contributed by atoms with van der Waals surface area (Å²) >= 11 is 2.03. The molecule has 2 amide bonds. The second-order valence-electron chi connectivity index (χ2n) is 10.4. The van der Waals surface area contributed by atoms with Gasteiger partial charge in [-0.15, -0.1) is 0 Å². The van der Waals surface area contributed by atoms with Crippen LogP contribution in [0.3, 0.4) is 0 Å². The van der Waals surface area contributed by atoms with Gasteiger partial charge in [-0.3, -0.25) is 14.4 Å². The molecule has 0 saturated heterocycles. The first-order valence-electron chi connectivity index (χ1n) is 13.4. The van der Waals surface area contributed by atoms with E-state index in [1.807, 2.05) is 36.4 Å². The van der Waals surface area contributed by atoms with Crippen LogP contribution < -0.4 is 14.8 Å². The zero-order chi connectivity index (χ0) is 28.5. The quantitative estimate of drug-likeness (QED) is 0.190. The highest BCUT2D eigenvalue weighted by atomic mass is 127.